The summed E-state index contributed by atoms with van der Waals surface area (Å²) < 4.78 is 0. The van der Waals surface area contributed by atoms with Crippen molar-refractivity contribution in [1.29, 1.82) is 0 Å². The maximum atomic E-state index is 5.98. The number of hydrogen-bond donors (Lipinski definition) is 1. The smallest absolute Gasteiger partial charge is 0.143 e. The van der Waals surface area contributed by atoms with Crippen LogP contribution in [0.15, 0.2) is 11.5 Å². The molecule has 0 spiro atoms. The largest absolute Gasteiger partial charge is 0.396 e. The van der Waals surface area contributed by atoms with Gasteiger partial charge in [-0.05, 0) is 39.8 Å². The van der Waals surface area contributed by atoms with Crippen LogP contribution in [0.25, 0.3) is 0 Å². The molecule has 2 heterocycles. The second-order valence-electron chi connectivity index (χ2n) is 5.77. The van der Waals surface area contributed by atoms with Gasteiger partial charge in [0.05, 0.1) is 11.8 Å². The molecule has 1 aliphatic heterocycles. The second kappa shape index (κ2) is 8.53. The monoisotopic (exact) mass is 306 g/mol. The number of hydrogen-bond acceptors (Lipinski definition) is 7. The van der Waals surface area contributed by atoms with Crippen LogP contribution in [0.3, 0.4) is 0 Å². The van der Waals surface area contributed by atoms with E-state index in [-0.39, 0.29) is 0 Å². The van der Waals surface area contributed by atoms with Gasteiger partial charge in [0.2, 0.25) is 0 Å². The Kier molecular flexibility index (Phi) is 6.39. The van der Waals surface area contributed by atoms with Gasteiger partial charge in [0.25, 0.3) is 0 Å². The Balaban J connectivity index is 1.96. The van der Waals surface area contributed by atoms with E-state index >= 15 is 0 Å². The number of aromatic nitrogens is 2. The third-order valence-corrected chi connectivity index (χ3v) is 3.65. The molecule has 2 N–H and O–H groups in total. The van der Waals surface area contributed by atoms with Crippen LogP contribution in [0, 0.1) is 0 Å². The molecule has 0 unspecified atom stereocenters. The van der Waals surface area contributed by atoms with E-state index in [2.05, 4.69) is 24.9 Å². The van der Waals surface area contributed by atoms with E-state index in [1.54, 1.807) is 6.21 Å². The maximum absolute atomic E-state index is 5.98. The molecule has 0 saturated carbocycles. The Hall–Kier alpha value is -1.89. The lowest BCUT2D eigenvalue weighted by molar-refractivity contribution is 0.136. The summed E-state index contributed by atoms with van der Waals surface area (Å²) >= 11 is 0. The van der Waals surface area contributed by atoms with Gasteiger partial charge in [-0.25, -0.2) is 9.97 Å². The molecule has 22 heavy (non-hydrogen) atoms. The minimum atomic E-state index is 0.441. The highest BCUT2D eigenvalue weighted by Crippen LogP contribution is 2.23. The van der Waals surface area contributed by atoms with E-state index in [1.165, 1.54) is 25.6 Å². The van der Waals surface area contributed by atoms with Crippen molar-refractivity contribution in [2.45, 2.75) is 25.7 Å². The molecular weight excluding hydrogens is 280 g/mol. The van der Waals surface area contributed by atoms with E-state index in [4.69, 9.17) is 10.6 Å². The fraction of sp³-hybridized carbons (Fsp3) is 0.667. The van der Waals surface area contributed by atoms with Gasteiger partial charge in [-0.1, -0.05) is 5.16 Å². The molecule has 122 valence electrons. The van der Waals surface area contributed by atoms with Crippen LogP contribution < -0.4 is 10.6 Å². The van der Waals surface area contributed by atoms with Gasteiger partial charge in [-0.2, -0.15) is 0 Å². The minimum absolute atomic E-state index is 0.441. The Morgan fingerprint density at radius 3 is 2.82 bits per heavy atom. The topological polar surface area (TPSA) is 79.9 Å². The molecule has 0 aromatic carbocycles. The summed E-state index contributed by atoms with van der Waals surface area (Å²) in [5.74, 6) is 1.30. The number of nitrogen functional groups attached to an aromatic ring is 1. The van der Waals surface area contributed by atoms with E-state index < -0.39 is 0 Å². The quantitative estimate of drug-likeness (QED) is 0.465. The zero-order chi connectivity index (χ0) is 15.8. The van der Waals surface area contributed by atoms with Gasteiger partial charge in [-0.15, -0.1) is 0 Å². The maximum Gasteiger partial charge on any atom is 0.143 e. The summed E-state index contributed by atoms with van der Waals surface area (Å²) in [6, 6.07) is 0. The molecule has 2 rings (SSSR count). The molecule has 0 radical (unpaired) electrons. The van der Waals surface area contributed by atoms with E-state index in [1.807, 2.05) is 14.1 Å². The second-order valence-corrected chi connectivity index (χ2v) is 5.77. The van der Waals surface area contributed by atoms with Gasteiger partial charge >= 0.3 is 0 Å². The van der Waals surface area contributed by atoms with E-state index in [0.717, 1.165) is 37.4 Å². The molecule has 0 amide bonds. The molecule has 7 heteroatoms. The number of oxime groups is 1. The molecular formula is C15H26N6O. The van der Waals surface area contributed by atoms with Crippen molar-refractivity contribution < 1.29 is 4.84 Å². The van der Waals surface area contributed by atoms with Gasteiger partial charge in [0.15, 0.2) is 0 Å². The van der Waals surface area contributed by atoms with Crippen LogP contribution in [-0.2, 0) is 4.84 Å². The van der Waals surface area contributed by atoms with Crippen LogP contribution in [0.4, 0.5) is 11.6 Å². The SMILES string of the molecule is CN(C)CCCON=Cc1c(N)ncnc1N1CCCCC1. The van der Waals surface area contributed by atoms with Gasteiger partial charge < -0.3 is 20.4 Å². The van der Waals surface area contributed by atoms with Crippen LogP contribution in [0.2, 0.25) is 0 Å². The van der Waals surface area contributed by atoms with Crippen molar-refractivity contribution in [3.8, 4) is 0 Å². The Labute approximate surface area is 132 Å². The van der Waals surface area contributed by atoms with Crippen LogP contribution in [0.1, 0.15) is 31.2 Å². The van der Waals surface area contributed by atoms with Crippen molar-refractivity contribution >= 4 is 17.9 Å². The number of nitrogens with two attached hydrogens (primary N) is 1. The van der Waals surface area contributed by atoms with Crippen LogP contribution >= 0.6 is 0 Å². The van der Waals surface area contributed by atoms with Crippen molar-refractivity contribution in [3.63, 3.8) is 0 Å². The van der Waals surface area contributed by atoms with Crippen molar-refractivity contribution in [2.75, 3.05) is 51.0 Å². The van der Waals surface area contributed by atoms with E-state index in [9.17, 15) is 0 Å². The number of piperidine rings is 1. The predicted molar refractivity (Wildman–Crippen MR) is 89.2 cm³/mol. The molecule has 7 nitrogen and oxygen atoms in total. The third-order valence-electron chi connectivity index (χ3n) is 3.65. The highest BCUT2D eigenvalue weighted by Gasteiger charge is 2.17. The summed E-state index contributed by atoms with van der Waals surface area (Å²) in [6.45, 7) is 3.56. The first kappa shape index (κ1) is 16.5. The molecule has 0 atom stereocenters. The zero-order valence-corrected chi connectivity index (χ0v) is 13.5. The summed E-state index contributed by atoms with van der Waals surface area (Å²) in [4.78, 5) is 18.1. The minimum Gasteiger partial charge on any atom is -0.396 e. The third kappa shape index (κ3) is 4.84. The molecule has 1 saturated heterocycles. The van der Waals surface area contributed by atoms with Crippen molar-refractivity contribution in [3.05, 3.63) is 11.9 Å². The molecule has 0 aliphatic carbocycles. The Morgan fingerprint density at radius 1 is 1.32 bits per heavy atom. The average molecular weight is 306 g/mol. The fourth-order valence-electron chi connectivity index (χ4n) is 2.47. The van der Waals surface area contributed by atoms with Gasteiger partial charge in [-0.3, -0.25) is 0 Å². The lowest BCUT2D eigenvalue weighted by Gasteiger charge is -2.28. The molecule has 1 aromatic rings. The van der Waals surface area contributed by atoms with Crippen molar-refractivity contribution in [2.24, 2.45) is 5.16 Å². The first-order valence-electron chi connectivity index (χ1n) is 7.84. The number of rotatable bonds is 7. The first-order valence-corrected chi connectivity index (χ1v) is 7.84. The number of nitrogens with zero attached hydrogens (tertiary/aromatic N) is 5. The average Bonchev–Trinajstić information content (AvgIpc) is 2.52. The normalized spacial score (nSPS) is 15.7. The lowest BCUT2D eigenvalue weighted by atomic mass is 10.1. The summed E-state index contributed by atoms with van der Waals surface area (Å²) in [5.41, 5.74) is 6.72. The zero-order valence-electron chi connectivity index (χ0n) is 13.5. The van der Waals surface area contributed by atoms with Crippen LogP contribution in [0.5, 0.6) is 0 Å². The van der Waals surface area contributed by atoms with Gasteiger partial charge in [0, 0.05) is 19.6 Å². The first-order chi connectivity index (χ1) is 10.7. The standard InChI is InChI=1S/C15H26N6O/c1-20(2)7-6-10-22-19-11-13-14(16)17-12-18-15(13)21-8-4-3-5-9-21/h11-12H,3-10H2,1-2H3,(H2,16,17,18). The number of anilines is 2. The van der Waals surface area contributed by atoms with E-state index in [0.29, 0.717) is 12.4 Å². The molecule has 1 fully saturated rings. The summed E-state index contributed by atoms with van der Waals surface area (Å²) in [6.07, 6.45) is 7.71. The fourth-order valence-corrected chi connectivity index (χ4v) is 2.47. The molecule has 1 aliphatic rings. The molecule has 0 bridgehead atoms. The Bertz CT molecular complexity index is 485. The van der Waals surface area contributed by atoms with Crippen molar-refractivity contribution in [1.82, 2.24) is 14.9 Å². The van der Waals surface area contributed by atoms with Gasteiger partial charge in [0.1, 0.15) is 24.6 Å². The highest BCUT2D eigenvalue weighted by molar-refractivity contribution is 5.91. The van der Waals surface area contributed by atoms with Crippen LogP contribution in [-0.4, -0.2) is 61.4 Å². The predicted octanol–water partition coefficient (Wildman–Crippen LogP) is 1.35. The molecule has 1 aromatic heterocycles. The summed E-state index contributed by atoms with van der Waals surface area (Å²) in [5, 5.41) is 4.02. The Morgan fingerprint density at radius 2 is 2.09 bits per heavy atom. The lowest BCUT2D eigenvalue weighted by Crippen LogP contribution is -2.31. The summed E-state index contributed by atoms with van der Waals surface area (Å²) in [7, 11) is 4.08. The highest BCUT2D eigenvalue weighted by atomic mass is 16.6.